The summed E-state index contributed by atoms with van der Waals surface area (Å²) in [6, 6.07) is 10.8. The number of methoxy groups -OCH3 is 2. The number of hydrogen-bond donors (Lipinski definition) is 2. The quantitative estimate of drug-likeness (QED) is 0.570. The summed E-state index contributed by atoms with van der Waals surface area (Å²) in [5.41, 5.74) is 0.928. The normalized spacial score (nSPS) is 11.2. The van der Waals surface area contributed by atoms with Crippen LogP contribution in [0.15, 0.2) is 36.4 Å². The smallest absolute Gasteiger partial charge is 0.330 e. The molecule has 0 aromatic heterocycles. The van der Waals surface area contributed by atoms with E-state index in [2.05, 4.69) is 11.4 Å². The van der Waals surface area contributed by atoms with Gasteiger partial charge in [-0.15, -0.1) is 0 Å². The van der Waals surface area contributed by atoms with Crippen LogP contribution < -0.4 is 19.5 Å². The zero-order chi connectivity index (χ0) is 20.5. The lowest BCUT2D eigenvalue weighted by molar-refractivity contribution is -0.138. The predicted molar refractivity (Wildman–Crippen MR) is 105 cm³/mol. The molecule has 0 fully saturated rings. The topological polar surface area (TPSA) is 101 Å². The molecule has 0 radical (unpaired) electrons. The van der Waals surface area contributed by atoms with E-state index >= 15 is 0 Å². The summed E-state index contributed by atoms with van der Waals surface area (Å²) in [6.45, 7) is 0.369. The van der Waals surface area contributed by atoms with E-state index in [-0.39, 0.29) is 0 Å². The van der Waals surface area contributed by atoms with Gasteiger partial charge in [-0.2, -0.15) is 5.26 Å². The Balaban J connectivity index is 2.29. The lowest BCUT2D eigenvalue weighted by Gasteiger charge is -2.20. The van der Waals surface area contributed by atoms with Crippen LogP contribution in [0, 0.1) is 11.3 Å². The molecule has 0 saturated heterocycles. The molecule has 0 amide bonds. The highest BCUT2D eigenvalue weighted by molar-refractivity contribution is 6.30. The molecular weight excluding hydrogens is 384 g/mol. The molecule has 2 N–H and O–H groups in total. The molecule has 2 rings (SSSR count). The van der Waals surface area contributed by atoms with Gasteiger partial charge in [0.1, 0.15) is 17.2 Å². The molecule has 7 nitrogen and oxygen atoms in total. The Labute approximate surface area is 168 Å². The number of anilines is 1. The van der Waals surface area contributed by atoms with E-state index in [0.29, 0.717) is 53.0 Å². The van der Waals surface area contributed by atoms with Crippen LogP contribution in [0.5, 0.6) is 17.2 Å². The highest BCUT2D eigenvalue weighted by Crippen LogP contribution is 2.33. The number of nitrogens with one attached hydrogen (secondary N) is 1. The van der Waals surface area contributed by atoms with Gasteiger partial charge in [0.2, 0.25) is 0 Å². The summed E-state index contributed by atoms with van der Waals surface area (Å²) in [7, 11) is 2.96. The van der Waals surface area contributed by atoms with E-state index in [1.807, 2.05) is 0 Å². The second-order valence-corrected chi connectivity index (χ2v) is 6.25. The Bertz CT molecular complexity index is 866. The molecular formula is C20H21ClN2O5. The fourth-order valence-corrected chi connectivity index (χ4v) is 2.72. The number of nitriles is 1. The van der Waals surface area contributed by atoms with Crippen LogP contribution in [0.1, 0.15) is 24.4 Å². The number of aliphatic carboxylic acids is 1. The van der Waals surface area contributed by atoms with Crippen molar-refractivity contribution >= 4 is 23.3 Å². The van der Waals surface area contributed by atoms with Crippen molar-refractivity contribution in [2.24, 2.45) is 0 Å². The molecule has 1 atom stereocenters. The van der Waals surface area contributed by atoms with Crippen molar-refractivity contribution in [3.05, 3.63) is 47.0 Å². The van der Waals surface area contributed by atoms with Crippen LogP contribution in [-0.2, 0) is 4.79 Å². The first-order chi connectivity index (χ1) is 13.5. The molecule has 28 heavy (non-hydrogen) atoms. The van der Waals surface area contributed by atoms with Gasteiger partial charge in [-0.25, -0.2) is 4.79 Å². The van der Waals surface area contributed by atoms with Gasteiger partial charge in [-0.3, -0.25) is 0 Å². The van der Waals surface area contributed by atoms with Crippen LogP contribution in [-0.4, -0.2) is 31.9 Å². The molecule has 0 aliphatic rings. The lowest BCUT2D eigenvalue weighted by Crippen LogP contribution is -2.21. The largest absolute Gasteiger partial charge is 0.497 e. The number of carbonyl (C=O) groups is 1. The lowest BCUT2D eigenvalue weighted by atomic mass is 10.1. The standard InChI is InChI=1S/C20H21ClN2O5/c1-26-15-10-14(11-16(12-15)28-8-4-3-7-22)23-19(20(24)25)17-6-5-13(21)9-18(17)27-2/h5-6,9-12,19,23H,3-4,8H2,1-2H3,(H,24,25). The van der Waals surface area contributed by atoms with Crippen LogP contribution >= 0.6 is 11.6 Å². The van der Waals surface area contributed by atoms with Crippen molar-refractivity contribution < 1.29 is 24.1 Å². The second kappa shape index (κ2) is 10.3. The average Bonchev–Trinajstić information content (AvgIpc) is 2.69. The first-order valence-electron chi connectivity index (χ1n) is 8.50. The second-order valence-electron chi connectivity index (χ2n) is 5.81. The van der Waals surface area contributed by atoms with Crippen molar-refractivity contribution in [3.63, 3.8) is 0 Å². The molecule has 148 valence electrons. The van der Waals surface area contributed by atoms with Crippen molar-refractivity contribution in [1.82, 2.24) is 0 Å². The predicted octanol–water partition coefficient (Wildman–Crippen LogP) is 4.28. The average molecular weight is 405 g/mol. The van der Waals surface area contributed by atoms with Crippen LogP contribution in [0.2, 0.25) is 5.02 Å². The van der Waals surface area contributed by atoms with Gasteiger partial charge in [-0.1, -0.05) is 17.7 Å². The van der Waals surface area contributed by atoms with E-state index in [1.54, 1.807) is 36.4 Å². The Morgan fingerprint density at radius 1 is 1.21 bits per heavy atom. The summed E-state index contributed by atoms with van der Waals surface area (Å²) in [4.78, 5) is 11.9. The van der Waals surface area contributed by atoms with Gasteiger partial charge in [0.25, 0.3) is 0 Å². The van der Waals surface area contributed by atoms with Crippen molar-refractivity contribution in [2.45, 2.75) is 18.9 Å². The number of unbranched alkanes of at least 4 members (excludes halogenated alkanes) is 1. The number of rotatable bonds is 10. The van der Waals surface area contributed by atoms with Crippen LogP contribution in [0.25, 0.3) is 0 Å². The van der Waals surface area contributed by atoms with Crippen LogP contribution in [0.4, 0.5) is 5.69 Å². The summed E-state index contributed by atoms with van der Waals surface area (Å²) < 4.78 is 16.2. The number of hydrogen-bond acceptors (Lipinski definition) is 6. The molecule has 0 bridgehead atoms. The number of benzene rings is 2. The first kappa shape index (κ1) is 21.2. The maximum absolute atomic E-state index is 11.9. The fourth-order valence-electron chi connectivity index (χ4n) is 2.56. The van der Waals surface area contributed by atoms with Crippen molar-refractivity contribution in [3.8, 4) is 23.3 Å². The van der Waals surface area contributed by atoms with Gasteiger partial charge < -0.3 is 24.6 Å². The zero-order valence-corrected chi connectivity index (χ0v) is 16.3. The SMILES string of the molecule is COc1cc(NC(C(=O)O)c2ccc(Cl)cc2OC)cc(OCCCC#N)c1. The molecule has 0 heterocycles. The van der Waals surface area contributed by atoms with Crippen molar-refractivity contribution in [1.29, 1.82) is 5.26 Å². The van der Waals surface area contributed by atoms with Gasteiger partial charge in [0.05, 0.1) is 26.9 Å². The number of carboxylic acids is 1. The summed E-state index contributed by atoms with van der Waals surface area (Å²) in [5.74, 6) is 0.294. The van der Waals surface area contributed by atoms with E-state index < -0.39 is 12.0 Å². The van der Waals surface area contributed by atoms with Gasteiger partial charge >= 0.3 is 5.97 Å². The Morgan fingerprint density at radius 2 is 1.96 bits per heavy atom. The third kappa shape index (κ3) is 5.69. The molecule has 0 spiro atoms. The minimum atomic E-state index is -1.08. The maximum Gasteiger partial charge on any atom is 0.330 e. The van der Waals surface area contributed by atoms with E-state index in [4.69, 9.17) is 31.1 Å². The Kier molecular flexibility index (Phi) is 7.78. The summed E-state index contributed by atoms with van der Waals surface area (Å²) in [6.07, 6.45) is 0.989. The highest BCUT2D eigenvalue weighted by atomic mass is 35.5. The van der Waals surface area contributed by atoms with E-state index in [0.717, 1.165) is 0 Å². The van der Waals surface area contributed by atoms with Crippen molar-refractivity contribution in [2.75, 3.05) is 26.1 Å². The number of carboxylic acid groups (broad SMARTS) is 1. The number of nitrogens with zero attached hydrogens (tertiary/aromatic N) is 1. The van der Waals surface area contributed by atoms with E-state index in [9.17, 15) is 9.90 Å². The minimum Gasteiger partial charge on any atom is -0.497 e. The Hall–Kier alpha value is -3.11. The van der Waals surface area contributed by atoms with E-state index in [1.165, 1.54) is 14.2 Å². The maximum atomic E-state index is 11.9. The molecule has 2 aromatic carbocycles. The third-order valence-corrected chi connectivity index (χ3v) is 4.12. The molecule has 0 saturated carbocycles. The zero-order valence-electron chi connectivity index (χ0n) is 15.6. The number of halogens is 1. The molecule has 8 heteroatoms. The molecule has 2 aromatic rings. The summed E-state index contributed by atoms with van der Waals surface area (Å²) in [5, 5.41) is 21.7. The first-order valence-corrected chi connectivity index (χ1v) is 8.88. The summed E-state index contributed by atoms with van der Waals surface area (Å²) >= 11 is 5.97. The minimum absolute atomic E-state index is 0.364. The van der Waals surface area contributed by atoms with Gasteiger partial charge in [0.15, 0.2) is 6.04 Å². The molecule has 1 unspecified atom stereocenters. The monoisotopic (exact) mass is 404 g/mol. The highest BCUT2D eigenvalue weighted by Gasteiger charge is 2.24. The number of ether oxygens (including phenoxy) is 3. The molecule has 0 aliphatic heterocycles. The Morgan fingerprint density at radius 3 is 2.61 bits per heavy atom. The van der Waals surface area contributed by atoms with Crippen LogP contribution in [0.3, 0.4) is 0 Å². The third-order valence-electron chi connectivity index (χ3n) is 3.88. The molecule has 0 aliphatic carbocycles. The fraction of sp³-hybridized carbons (Fsp3) is 0.300. The van der Waals surface area contributed by atoms with Gasteiger partial charge in [0, 0.05) is 40.9 Å². The van der Waals surface area contributed by atoms with Gasteiger partial charge in [-0.05, 0) is 18.6 Å².